The zero-order chi connectivity index (χ0) is 14.0. The highest BCUT2D eigenvalue weighted by Gasteiger charge is 2.15. The molecule has 19 heavy (non-hydrogen) atoms. The van der Waals surface area contributed by atoms with E-state index < -0.39 is 0 Å². The molecule has 0 fully saturated rings. The maximum Gasteiger partial charge on any atom is 0.131 e. The molecule has 1 aromatic carbocycles. The Morgan fingerprint density at radius 2 is 1.95 bits per heavy atom. The van der Waals surface area contributed by atoms with E-state index in [1.54, 1.807) is 0 Å². The number of rotatable bonds is 4. The number of hydrogen-bond acceptors (Lipinski definition) is 2. The van der Waals surface area contributed by atoms with Gasteiger partial charge >= 0.3 is 0 Å². The van der Waals surface area contributed by atoms with Gasteiger partial charge < -0.3 is 10.3 Å². The van der Waals surface area contributed by atoms with Gasteiger partial charge in [-0.25, -0.2) is 4.98 Å². The minimum Gasteiger partial charge on any atom is -0.383 e. The largest absolute Gasteiger partial charge is 0.383 e. The SMILES string of the molecule is CCCc1nc(-c2ccc(C)cc2C)c(N)n1CC. The Morgan fingerprint density at radius 1 is 1.21 bits per heavy atom. The normalized spacial score (nSPS) is 10.9. The van der Waals surface area contributed by atoms with Crippen LogP contribution in [-0.2, 0) is 13.0 Å². The Kier molecular flexibility index (Phi) is 3.93. The van der Waals surface area contributed by atoms with Crippen LogP contribution < -0.4 is 5.73 Å². The highest BCUT2D eigenvalue weighted by Crippen LogP contribution is 2.29. The number of hydrogen-bond donors (Lipinski definition) is 1. The Morgan fingerprint density at radius 3 is 2.53 bits per heavy atom. The molecule has 0 saturated heterocycles. The van der Waals surface area contributed by atoms with E-state index in [2.05, 4.69) is 50.5 Å². The molecule has 0 unspecified atom stereocenters. The number of anilines is 1. The van der Waals surface area contributed by atoms with Crippen molar-refractivity contribution in [3.05, 3.63) is 35.2 Å². The van der Waals surface area contributed by atoms with Crippen LogP contribution in [0, 0.1) is 13.8 Å². The van der Waals surface area contributed by atoms with Crippen molar-refractivity contribution in [1.29, 1.82) is 0 Å². The summed E-state index contributed by atoms with van der Waals surface area (Å²) in [6.45, 7) is 9.38. The first-order chi connectivity index (χ1) is 9.08. The number of benzene rings is 1. The second-order valence-electron chi connectivity index (χ2n) is 5.07. The summed E-state index contributed by atoms with van der Waals surface area (Å²) >= 11 is 0. The Hall–Kier alpha value is -1.77. The second kappa shape index (κ2) is 5.47. The molecule has 2 aromatic rings. The van der Waals surface area contributed by atoms with Crippen LogP contribution in [-0.4, -0.2) is 9.55 Å². The number of nitrogens with zero attached hydrogens (tertiary/aromatic N) is 2. The first kappa shape index (κ1) is 13.7. The van der Waals surface area contributed by atoms with Gasteiger partial charge in [0.2, 0.25) is 0 Å². The van der Waals surface area contributed by atoms with Gasteiger partial charge in [-0.05, 0) is 32.8 Å². The number of aryl methyl sites for hydroxylation is 3. The van der Waals surface area contributed by atoms with E-state index in [0.29, 0.717) is 0 Å². The summed E-state index contributed by atoms with van der Waals surface area (Å²) in [6.07, 6.45) is 2.06. The third-order valence-corrected chi connectivity index (χ3v) is 3.51. The predicted octanol–water partition coefficient (Wildman–Crippen LogP) is 3.72. The van der Waals surface area contributed by atoms with Gasteiger partial charge in [0.05, 0.1) is 0 Å². The summed E-state index contributed by atoms with van der Waals surface area (Å²) in [7, 11) is 0. The average Bonchev–Trinajstić information content (AvgIpc) is 2.66. The van der Waals surface area contributed by atoms with Crippen LogP contribution in [0.25, 0.3) is 11.3 Å². The maximum atomic E-state index is 6.28. The fourth-order valence-corrected chi connectivity index (χ4v) is 2.56. The van der Waals surface area contributed by atoms with Crippen LogP contribution >= 0.6 is 0 Å². The van der Waals surface area contributed by atoms with E-state index in [9.17, 15) is 0 Å². The average molecular weight is 257 g/mol. The van der Waals surface area contributed by atoms with Gasteiger partial charge in [0.15, 0.2) is 0 Å². The molecule has 0 aliphatic carbocycles. The lowest BCUT2D eigenvalue weighted by atomic mass is 10.0. The third-order valence-electron chi connectivity index (χ3n) is 3.51. The Bertz CT molecular complexity index is 582. The molecule has 0 saturated carbocycles. The lowest BCUT2D eigenvalue weighted by Crippen LogP contribution is -2.05. The van der Waals surface area contributed by atoms with Crippen molar-refractivity contribution in [2.45, 2.75) is 47.1 Å². The zero-order valence-corrected chi connectivity index (χ0v) is 12.3. The minimum atomic E-state index is 0.790. The molecule has 0 amide bonds. The van der Waals surface area contributed by atoms with Gasteiger partial charge in [0, 0.05) is 18.5 Å². The van der Waals surface area contributed by atoms with Gasteiger partial charge in [-0.2, -0.15) is 0 Å². The maximum absolute atomic E-state index is 6.28. The van der Waals surface area contributed by atoms with Crippen LogP contribution in [0.4, 0.5) is 5.82 Å². The molecule has 1 aromatic heterocycles. The quantitative estimate of drug-likeness (QED) is 0.907. The van der Waals surface area contributed by atoms with Crippen LogP contribution in [0.15, 0.2) is 18.2 Å². The van der Waals surface area contributed by atoms with Gasteiger partial charge in [0.1, 0.15) is 17.3 Å². The topological polar surface area (TPSA) is 43.8 Å². The van der Waals surface area contributed by atoms with Gasteiger partial charge in [-0.15, -0.1) is 0 Å². The molecular formula is C16H23N3. The number of nitrogen functional groups attached to an aromatic ring is 1. The number of imidazole rings is 1. The molecule has 0 atom stereocenters. The summed E-state index contributed by atoms with van der Waals surface area (Å²) in [5.74, 6) is 1.88. The molecule has 0 aliphatic heterocycles. The first-order valence-corrected chi connectivity index (χ1v) is 7.01. The molecule has 0 spiro atoms. The molecule has 1 heterocycles. The molecule has 3 heteroatoms. The minimum absolute atomic E-state index is 0.790. The summed E-state index contributed by atoms with van der Waals surface area (Å²) in [5.41, 5.74) is 10.9. The molecule has 3 nitrogen and oxygen atoms in total. The molecule has 102 valence electrons. The van der Waals surface area contributed by atoms with E-state index in [0.717, 1.165) is 42.3 Å². The molecule has 2 N–H and O–H groups in total. The summed E-state index contributed by atoms with van der Waals surface area (Å²) in [5, 5.41) is 0. The van der Waals surface area contributed by atoms with Crippen molar-refractivity contribution in [2.24, 2.45) is 0 Å². The van der Waals surface area contributed by atoms with Crippen LogP contribution in [0.5, 0.6) is 0 Å². The van der Waals surface area contributed by atoms with Gasteiger partial charge in [-0.1, -0.05) is 30.7 Å². The summed E-state index contributed by atoms with van der Waals surface area (Å²) in [4.78, 5) is 4.77. The van der Waals surface area contributed by atoms with E-state index >= 15 is 0 Å². The summed E-state index contributed by atoms with van der Waals surface area (Å²) in [6, 6.07) is 6.42. The van der Waals surface area contributed by atoms with Crippen LogP contribution in [0.3, 0.4) is 0 Å². The molecule has 2 rings (SSSR count). The molecule has 0 bridgehead atoms. The fraction of sp³-hybridized carbons (Fsp3) is 0.438. The lowest BCUT2D eigenvalue weighted by molar-refractivity contribution is 0.690. The van der Waals surface area contributed by atoms with E-state index in [-0.39, 0.29) is 0 Å². The van der Waals surface area contributed by atoms with Crippen molar-refractivity contribution >= 4 is 5.82 Å². The summed E-state index contributed by atoms with van der Waals surface area (Å²) < 4.78 is 2.12. The van der Waals surface area contributed by atoms with Crippen molar-refractivity contribution in [3.8, 4) is 11.3 Å². The third kappa shape index (κ3) is 2.50. The van der Waals surface area contributed by atoms with Crippen molar-refractivity contribution < 1.29 is 0 Å². The lowest BCUT2D eigenvalue weighted by Gasteiger charge is -2.07. The van der Waals surface area contributed by atoms with Crippen molar-refractivity contribution in [1.82, 2.24) is 9.55 Å². The van der Waals surface area contributed by atoms with Crippen LogP contribution in [0.1, 0.15) is 37.2 Å². The molecule has 0 aliphatic rings. The molecule has 0 radical (unpaired) electrons. The van der Waals surface area contributed by atoms with Gasteiger partial charge in [0.25, 0.3) is 0 Å². The number of aromatic nitrogens is 2. The van der Waals surface area contributed by atoms with E-state index in [4.69, 9.17) is 10.7 Å². The second-order valence-corrected chi connectivity index (χ2v) is 5.07. The molecular weight excluding hydrogens is 234 g/mol. The zero-order valence-electron chi connectivity index (χ0n) is 12.3. The fourth-order valence-electron chi connectivity index (χ4n) is 2.56. The van der Waals surface area contributed by atoms with Crippen molar-refractivity contribution in [3.63, 3.8) is 0 Å². The van der Waals surface area contributed by atoms with Crippen LogP contribution in [0.2, 0.25) is 0 Å². The Balaban J connectivity index is 2.56. The predicted molar refractivity (Wildman–Crippen MR) is 81.2 cm³/mol. The standard InChI is InChI=1S/C16H23N3/c1-5-7-14-18-15(16(17)19(14)6-2)13-9-8-11(3)10-12(13)4/h8-10H,5-7,17H2,1-4H3. The smallest absolute Gasteiger partial charge is 0.131 e. The highest BCUT2D eigenvalue weighted by molar-refractivity contribution is 5.74. The van der Waals surface area contributed by atoms with E-state index in [1.165, 1.54) is 11.1 Å². The van der Waals surface area contributed by atoms with Crippen molar-refractivity contribution in [2.75, 3.05) is 5.73 Å². The number of nitrogens with two attached hydrogens (primary N) is 1. The monoisotopic (exact) mass is 257 g/mol. The van der Waals surface area contributed by atoms with Gasteiger partial charge in [-0.3, -0.25) is 0 Å². The Labute approximate surface area is 115 Å². The van der Waals surface area contributed by atoms with E-state index in [1.807, 2.05) is 0 Å². The first-order valence-electron chi connectivity index (χ1n) is 7.01. The highest BCUT2D eigenvalue weighted by atomic mass is 15.1.